The van der Waals surface area contributed by atoms with Crippen molar-refractivity contribution >= 4 is 12.0 Å². The van der Waals surface area contributed by atoms with Gasteiger partial charge in [0.25, 0.3) is 0 Å². The van der Waals surface area contributed by atoms with E-state index in [1.807, 2.05) is 20.8 Å². The summed E-state index contributed by atoms with van der Waals surface area (Å²) in [7, 11) is 1.74. The summed E-state index contributed by atoms with van der Waals surface area (Å²) in [6, 6.07) is -0.415. The van der Waals surface area contributed by atoms with Gasteiger partial charge in [0.1, 0.15) is 5.92 Å². The fourth-order valence-corrected chi connectivity index (χ4v) is 2.15. The van der Waals surface area contributed by atoms with Crippen molar-refractivity contribution < 1.29 is 19.4 Å². The Hall–Kier alpha value is -1.30. The first-order valence-corrected chi connectivity index (χ1v) is 6.74. The summed E-state index contributed by atoms with van der Waals surface area (Å²) in [6.45, 7) is 6.87. The first-order valence-electron chi connectivity index (χ1n) is 6.74. The number of ether oxygens (including phenoxy) is 1. The van der Waals surface area contributed by atoms with E-state index in [9.17, 15) is 14.7 Å². The summed E-state index contributed by atoms with van der Waals surface area (Å²) in [5.74, 6) is -1.53. The second-order valence-electron chi connectivity index (χ2n) is 5.23. The third kappa shape index (κ3) is 3.59. The van der Waals surface area contributed by atoms with Crippen LogP contribution < -0.4 is 0 Å². The molecule has 110 valence electrons. The van der Waals surface area contributed by atoms with E-state index in [0.717, 1.165) is 6.42 Å². The monoisotopic (exact) mass is 272 g/mol. The van der Waals surface area contributed by atoms with E-state index in [1.165, 1.54) is 0 Å². The number of carbonyl (C=O) groups excluding carboxylic acids is 1. The Kier molecular flexibility index (Phi) is 5.60. The Morgan fingerprint density at radius 1 is 1.37 bits per heavy atom. The van der Waals surface area contributed by atoms with Crippen LogP contribution in [0.3, 0.4) is 0 Å². The third-order valence-corrected chi connectivity index (χ3v) is 3.55. The largest absolute Gasteiger partial charge is 0.481 e. The normalized spacial score (nSPS) is 22.6. The highest BCUT2D eigenvalue weighted by molar-refractivity contribution is 5.77. The second kappa shape index (κ2) is 6.75. The Labute approximate surface area is 114 Å². The molecule has 0 saturated carbocycles. The van der Waals surface area contributed by atoms with Crippen molar-refractivity contribution in [2.75, 3.05) is 26.8 Å². The number of nitrogens with zero attached hydrogens (tertiary/aromatic N) is 2. The molecule has 2 amide bonds. The lowest BCUT2D eigenvalue weighted by Gasteiger charge is -2.35. The predicted molar refractivity (Wildman–Crippen MR) is 71.0 cm³/mol. The van der Waals surface area contributed by atoms with Crippen LogP contribution in [-0.2, 0) is 9.53 Å². The van der Waals surface area contributed by atoms with Gasteiger partial charge < -0.3 is 19.6 Å². The quantitative estimate of drug-likeness (QED) is 0.818. The zero-order valence-corrected chi connectivity index (χ0v) is 12.1. The van der Waals surface area contributed by atoms with E-state index in [4.69, 9.17) is 4.74 Å². The van der Waals surface area contributed by atoms with Crippen molar-refractivity contribution in [1.29, 1.82) is 0 Å². The Morgan fingerprint density at radius 3 is 2.47 bits per heavy atom. The molecular weight excluding hydrogens is 248 g/mol. The predicted octanol–water partition coefficient (Wildman–Crippen LogP) is 1.26. The molecule has 1 rings (SSSR count). The maximum atomic E-state index is 12.4. The number of hydrogen-bond acceptors (Lipinski definition) is 3. The van der Waals surface area contributed by atoms with Crippen LogP contribution >= 0.6 is 0 Å². The highest BCUT2D eigenvalue weighted by Gasteiger charge is 2.40. The lowest BCUT2D eigenvalue weighted by Crippen LogP contribution is -2.52. The maximum absolute atomic E-state index is 12.4. The summed E-state index contributed by atoms with van der Waals surface area (Å²) in [5, 5.41) is 9.20. The molecule has 2 atom stereocenters. The molecular formula is C13H24N2O4. The molecule has 0 bridgehead atoms. The van der Waals surface area contributed by atoms with Gasteiger partial charge in [-0.2, -0.15) is 0 Å². The molecule has 0 aliphatic carbocycles. The van der Waals surface area contributed by atoms with Gasteiger partial charge in [0, 0.05) is 19.6 Å². The van der Waals surface area contributed by atoms with Gasteiger partial charge in [0.2, 0.25) is 0 Å². The van der Waals surface area contributed by atoms with Gasteiger partial charge in [-0.25, -0.2) is 4.79 Å². The molecule has 0 aromatic heterocycles. The second-order valence-corrected chi connectivity index (χ2v) is 5.23. The fraction of sp³-hybridized carbons (Fsp3) is 0.846. The Morgan fingerprint density at radius 2 is 2.00 bits per heavy atom. The molecule has 19 heavy (non-hydrogen) atoms. The van der Waals surface area contributed by atoms with Gasteiger partial charge in [0.15, 0.2) is 0 Å². The van der Waals surface area contributed by atoms with Gasteiger partial charge in [0.05, 0.1) is 19.3 Å². The number of rotatable bonds is 5. The van der Waals surface area contributed by atoms with Crippen LogP contribution in [0.2, 0.25) is 0 Å². The van der Waals surface area contributed by atoms with E-state index < -0.39 is 11.9 Å². The number of carboxylic acid groups (broad SMARTS) is 1. The summed E-state index contributed by atoms with van der Waals surface area (Å²) < 4.78 is 5.26. The molecule has 0 aromatic rings. The SMILES string of the molecule is CCCN(C(=O)N(C)C(C)C)C1COCC1C(=O)O. The number of carboxylic acids is 1. The van der Waals surface area contributed by atoms with Crippen LogP contribution in [0.25, 0.3) is 0 Å². The summed E-state index contributed by atoms with van der Waals surface area (Å²) in [5.41, 5.74) is 0. The molecule has 1 heterocycles. The maximum Gasteiger partial charge on any atom is 0.320 e. The number of hydrogen-bond donors (Lipinski definition) is 1. The number of aliphatic carboxylic acids is 1. The highest BCUT2D eigenvalue weighted by Crippen LogP contribution is 2.22. The Balaban J connectivity index is 2.87. The van der Waals surface area contributed by atoms with E-state index in [0.29, 0.717) is 13.2 Å². The first-order chi connectivity index (χ1) is 8.90. The van der Waals surface area contributed by atoms with Gasteiger partial charge in [-0.3, -0.25) is 4.79 Å². The van der Waals surface area contributed by atoms with Crippen LogP contribution in [0.5, 0.6) is 0 Å². The van der Waals surface area contributed by atoms with Crippen molar-refractivity contribution in [1.82, 2.24) is 9.80 Å². The zero-order chi connectivity index (χ0) is 14.6. The molecule has 6 nitrogen and oxygen atoms in total. The van der Waals surface area contributed by atoms with E-state index in [1.54, 1.807) is 16.8 Å². The molecule has 1 saturated heterocycles. The van der Waals surface area contributed by atoms with Crippen molar-refractivity contribution in [2.45, 2.75) is 39.3 Å². The van der Waals surface area contributed by atoms with E-state index in [2.05, 4.69) is 0 Å². The molecule has 1 N–H and O–H groups in total. The van der Waals surface area contributed by atoms with Crippen molar-refractivity contribution in [3.63, 3.8) is 0 Å². The van der Waals surface area contributed by atoms with Crippen LogP contribution in [0, 0.1) is 5.92 Å². The third-order valence-electron chi connectivity index (χ3n) is 3.55. The molecule has 2 unspecified atom stereocenters. The minimum Gasteiger partial charge on any atom is -0.481 e. The van der Waals surface area contributed by atoms with Gasteiger partial charge in [-0.15, -0.1) is 0 Å². The zero-order valence-electron chi connectivity index (χ0n) is 12.1. The number of carbonyl (C=O) groups is 2. The van der Waals surface area contributed by atoms with Gasteiger partial charge in [-0.05, 0) is 20.3 Å². The average Bonchev–Trinajstić information content (AvgIpc) is 2.83. The summed E-state index contributed by atoms with van der Waals surface area (Å²) in [4.78, 5) is 26.9. The first kappa shape index (κ1) is 15.8. The number of amides is 2. The Bertz CT molecular complexity index is 333. The minimum atomic E-state index is -0.899. The van der Waals surface area contributed by atoms with Crippen molar-refractivity contribution in [3.05, 3.63) is 0 Å². The molecule has 0 radical (unpaired) electrons. The van der Waals surface area contributed by atoms with E-state index >= 15 is 0 Å². The molecule has 1 fully saturated rings. The van der Waals surface area contributed by atoms with Gasteiger partial charge >= 0.3 is 12.0 Å². The summed E-state index contributed by atoms with van der Waals surface area (Å²) >= 11 is 0. The molecule has 0 aromatic carbocycles. The fourth-order valence-electron chi connectivity index (χ4n) is 2.15. The lowest BCUT2D eigenvalue weighted by molar-refractivity contribution is -0.142. The van der Waals surface area contributed by atoms with Crippen LogP contribution in [0.1, 0.15) is 27.2 Å². The molecule has 1 aliphatic heterocycles. The average molecular weight is 272 g/mol. The lowest BCUT2D eigenvalue weighted by atomic mass is 10.0. The molecule has 6 heteroatoms. The summed E-state index contributed by atoms with van der Waals surface area (Å²) in [6.07, 6.45) is 0.792. The standard InChI is InChI=1S/C13H24N2O4/c1-5-6-15(13(18)14(4)9(2)3)11-8-19-7-10(11)12(16)17/h9-11H,5-8H2,1-4H3,(H,16,17). The smallest absolute Gasteiger partial charge is 0.320 e. The van der Waals surface area contributed by atoms with E-state index in [-0.39, 0.29) is 24.7 Å². The molecule has 1 aliphatic rings. The minimum absolute atomic E-state index is 0.0810. The topological polar surface area (TPSA) is 70.1 Å². The van der Waals surface area contributed by atoms with Crippen LogP contribution in [0.4, 0.5) is 4.79 Å². The van der Waals surface area contributed by atoms with Crippen molar-refractivity contribution in [2.24, 2.45) is 5.92 Å². The van der Waals surface area contributed by atoms with Crippen LogP contribution in [0.15, 0.2) is 0 Å². The number of urea groups is 1. The highest BCUT2D eigenvalue weighted by atomic mass is 16.5. The van der Waals surface area contributed by atoms with Gasteiger partial charge in [-0.1, -0.05) is 6.92 Å². The molecule has 0 spiro atoms. The van der Waals surface area contributed by atoms with Crippen LogP contribution in [-0.4, -0.2) is 65.8 Å². The van der Waals surface area contributed by atoms with Crippen molar-refractivity contribution in [3.8, 4) is 0 Å².